The van der Waals surface area contributed by atoms with Gasteiger partial charge < -0.3 is 14.9 Å². The van der Waals surface area contributed by atoms with Gasteiger partial charge in [-0.3, -0.25) is 0 Å². The highest BCUT2D eigenvalue weighted by Gasteiger charge is 2.18. The van der Waals surface area contributed by atoms with Crippen LogP contribution in [-0.2, 0) is 0 Å². The molecule has 134 valence electrons. The zero-order valence-electron chi connectivity index (χ0n) is 14.2. The van der Waals surface area contributed by atoms with Gasteiger partial charge in [0.1, 0.15) is 0 Å². The molecule has 0 aliphatic heterocycles. The van der Waals surface area contributed by atoms with Gasteiger partial charge in [-0.2, -0.15) is 0 Å². The number of pyridine rings is 1. The van der Waals surface area contributed by atoms with Gasteiger partial charge in [0.2, 0.25) is 0 Å². The summed E-state index contributed by atoms with van der Waals surface area (Å²) in [7, 11) is 1.45. The van der Waals surface area contributed by atoms with Gasteiger partial charge >= 0.3 is 5.97 Å². The molecule has 0 unspecified atom stereocenters. The number of rotatable bonds is 3. The number of carboxylic acid groups (broad SMARTS) is 1. The number of methoxy groups -OCH3 is 1. The predicted octanol–water partition coefficient (Wildman–Crippen LogP) is 5.23. The van der Waals surface area contributed by atoms with Crippen molar-refractivity contribution in [3.05, 3.63) is 64.6 Å². The second kappa shape index (κ2) is 6.55. The Balaban J connectivity index is 2.07. The molecular formula is C21H14BrNO4. The second-order valence-electron chi connectivity index (χ2n) is 6.04. The number of fused-ring (bicyclic) bond motifs is 3. The Kier molecular flexibility index (Phi) is 4.20. The maximum atomic E-state index is 12.0. The normalized spacial score (nSPS) is 11.0. The summed E-state index contributed by atoms with van der Waals surface area (Å²) in [6.45, 7) is 0. The van der Waals surface area contributed by atoms with E-state index in [-0.39, 0.29) is 17.1 Å². The number of carbonyl (C=O) groups is 1. The van der Waals surface area contributed by atoms with Gasteiger partial charge in [0, 0.05) is 15.4 Å². The van der Waals surface area contributed by atoms with Crippen molar-refractivity contribution in [3.8, 4) is 22.8 Å². The molecule has 0 amide bonds. The van der Waals surface area contributed by atoms with Crippen molar-refractivity contribution < 1.29 is 19.7 Å². The van der Waals surface area contributed by atoms with Crippen LogP contribution in [0.5, 0.6) is 11.5 Å². The highest BCUT2D eigenvalue weighted by molar-refractivity contribution is 9.10. The minimum atomic E-state index is -1.03. The zero-order chi connectivity index (χ0) is 19.1. The number of benzene rings is 3. The third-order valence-corrected chi connectivity index (χ3v) is 5.13. The van der Waals surface area contributed by atoms with Gasteiger partial charge in [0.05, 0.1) is 23.9 Å². The van der Waals surface area contributed by atoms with Gasteiger partial charge in [0.25, 0.3) is 0 Å². The summed E-state index contributed by atoms with van der Waals surface area (Å²) in [5.74, 6) is -0.759. The first kappa shape index (κ1) is 17.3. The molecule has 3 aromatic carbocycles. The quantitative estimate of drug-likeness (QED) is 0.441. The number of phenolic OH excluding ortho intramolecular Hbond substituents is 1. The van der Waals surface area contributed by atoms with Gasteiger partial charge in [-0.25, -0.2) is 9.78 Å². The van der Waals surface area contributed by atoms with Gasteiger partial charge in [-0.15, -0.1) is 0 Å². The molecule has 0 aliphatic rings. The molecule has 0 radical (unpaired) electrons. The fraction of sp³-hybridized carbons (Fsp3) is 0.0476. The Bertz CT molecular complexity index is 1220. The molecule has 6 heteroatoms. The summed E-state index contributed by atoms with van der Waals surface area (Å²) in [5, 5.41) is 22.1. The van der Waals surface area contributed by atoms with E-state index in [1.54, 1.807) is 12.1 Å². The molecule has 4 rings (SSSR count). The number of nitrogens with zero attached hydrogens (tertiary/aromatic N) is 1. The van der Waals surface area contributed by atoms with Crippen LogP contribution in [0, 0.1) is 0 Å². The minimum Gasteiger partial charge on any atom is -0.504 e. The van der Waals surface area contributed by atoms with E-state index in [1.165, 1.54) is 13.2 Å². The number of phenols is 1. The molecule has 27 heavy (non-hydrogen) atoms. The number of aromatic hydroxyl groups is 1. The lowest BCUT2D eigenvalue weighted by molar-refractivity contribution is 0.0699. The Labute approximate surface area is 163 Å². The summed E-state index contributed by atoms with van der Waals surface area (Å²) in [5.41, 5.74) is 1.86. The van der Waals surface area contributed by atoms with E-state index in [1.807, 2.05) is 36.4 Å². The number of hydrogen-bond donors (Lipinski definition) is 2. The van der Waals surface area contributed by atoms with Crippen molar-refractivity contribution in [2.75, 3.05) is 7.11 Å². The first-order chi connectivity index (χ1) is 13.0. The maximum Gasteiger partial charge on any atom is 0.336 e. The molecule has 4 aromatic rings. The second-order valence-corrected chi connectivity index (χ2v) is 6.90. The molecule has 0 aliphatic carbocycles. The van der Waals surface area contributed by atoms with Crippen LogP contribution in [0.3, 0.4) is 0 Å². The van der Waals surface area contributed by atoms with Crippen molar-refractivity contribution >= 4 is 43.6 Å². The molecule has 0 saturated heterocycles. The minimum absolute atomic E-state index is 0.0154. The Morgan fingerprint density at radius 1 is 1.11 bits per heavy atom. The van der Waals surface area contributed by atoms with E-state index in [0.29, 0.717) is 26.6 Å². The van der Waals surface area contributed by atoms with E-state index in [2.05, 4.69) is 20.9 Å². The molecule has 2 N–H and O–H groups in total. The standard InChI is InChI=1S/C21H14BrNO4/c1-27-19-9-13(15(22)10-18(19)24)17-8-14(21(25)26)20-12-5-3-2-4-11(12)6-7-16(20)23-17/h2-10,24H,1H3,(H,25,26). The molecule has 0 bridgehead atoms. The first-order valence-corrected chi connectivity index (χ1v) is 8.91. The summed E-state index contributed by atoms with van der Waals surface area (Å²) in [6, 6.07) is 16.0. The molecule has 0 spiro atoms. The van der Waals surface area contributed by atoms with Crippen LogP contribution in [0.25, 0.3) is 32.9 Å². The Morgan fingerprint density at radius 3 is 2.63 bits per heavy atom. The number of halogens is 1. The lowest BCUT2D eigenvalue weighted by Crippen LogP contribution is -2.01. The molecule has 1 aromatic heterocycles. The largest absolute Gasteiger partial charge is 0.504 e. The van der Waals surface area contributed by atoms with Crippen LogP contribution < -0.4 is 4.74 Å². The third kappa shape index (κ3) is 2.88. The summed E-state index contributed by atoms with van der Waals surface area (Å²) in [6.07, 6.45) is 0. The summed E-state index contributed by atoms with van der Waals surface area (Å²) in [4.78, 5) is 16.7. The molecule has 0 atom stereocenters. The number of aromatic nitrogens is 1. The lowest BCUT2D eigenvalue weighted by Gasteiger charge is -2.12. The SMILES string of the molecule is COc1cc(-c2cc(C(=O)O)c3c(ccc4ccccc43)n2)c(Br)cc1O. The van der Waals surface area contributed by atoms with Crippen LogP contribution in [-0.4, -0.2) is 28.3 Å². The lowest BCUT2D eigenvalue weighted by atomic mass is 9.98. The van der Waals surface area contributed by atoms with Gasteiger partial charge in [0.15, 0.2) is 11.5 Å². The van der Waals surface area contributed by atoms with Crippen LogP contribution in [0.1, 0.15) is 10.4 Å². The van der Waals surface area contributed by atoms with Crippen LogP contribution in [0.2, 0.25) is 0 Å². The fourth-order valence-corrected chi connectivity index (χ4v) is 3.75. The molecule has 5 nitrogen and oxygen atoms in total. The number of hydrogen-bond acceptors (Lipinski definition) is 4. The van der Waals surface area contributed by atoms with Crippen LogP contribution in [0.15, 0.2) is 59.1 Å². The van der Waals surface area contributed by atoms with Crippen molar-refractivity contribution in [1.82, 2.24) is 4.98 Å². The highest BCUT2D eigenvalue weighted by atomic mass is 79.9. The number of ether oxygens (including phenoxy) is 1. The fourth-order valence-electron chi connectivity index (χ4n) is 3.22. The predicted molar refractivity (Wildman–Crippen MR) is 108 cm³/mol. The Morgan fingerprint density at radius 2 is 1.89 bits per heavy atom. The Hall–Kier alpha value is -3.12. The van der Waals surface area contributed by atoms with E-state index in [4.69, 9.17) is 4.74 Å². The van der Waals surface area contributed by atoms with Crippen molar-refractivity contribution in [2.24, 2.45) is 0 Å². The van der Waals surface area contributed by atoms with Crippen molar-refractivity contribution in [3.63, 3.8) is 0 Å². The molecular weight excluding hydrogens is 410 g/mol. The average Bonchev–Trinajstić information content (AvgIpc) is 2.67. The van der Waals surface area contributed by atoms with Crippen LogP contribution in [0.4, 0.5) is 0 Å². The monoisotopic (exact) mass is 423 g/mol. The van der Waals surface area contributed by atoms with Crippen molar-refractivity contribution in [1.29, 1.82) is 0 Å². The van der Waals surface area contributed by atoms with E-state index >= 15 is 0 Å². The van der Waals surface area contributed by atoms with E-state index < -0.39 is 5.97 Å². The highest BCUT2D eigenvalue weighted by Crippen LogP contribution is 2.39. The third-order valence-electron chi connectivity index (χ3n) is 4.47. The smallest absolute Gasteiger partial charge is 0.336 e. The van der Waals surface area contributed by atoms with E-state index in [9.17, 15) is 15.0 Å². The molecule has 0 saturated carbocycles. The van der Waals surface area contributed by atoms with Gasteiger partial charge in [-0.1, -0.05) is 30.3 Å². The summed E-state index contributed by atoms with van der Waals surface area (Å²) < 4.78 is 5.76. The van der Waals surface area contributed by atoms with Crippen molar-refractivity contribution in [2.45, 2.75) is 0 Å². The average molecular weight is 424 g/mol. The summed E-state index contributed by atoms with van der Waals surface area (Å²) >= 11 is 3.41. The molecule has 1 heterocycles. The first-order valence-electron chi connectivity index (χ1n) is 8.12. The topological polar surface area (TPSA) is 79.7 Å². The number of carboxylic acids is 1. The van der Waals surface area contributed by atoms with Gasteiger partial charge in [-0.05, 0) is 51.0 Å². The van der Waals surface area contributed by atoms with E-state index in [0.717, 1.165) is 10.8 Å². The zero-order valence-corrected chi connectivity index (χ0v) is 15.8. The maximum absolute atomic E-state index is 12.0. The number of aromatic carboxylic acids is 1. The van der Waals surface area contributed by atoms with Crippen LogP contribution >= 0.6 is 15.9 Å². The molecule has 0 fully saturated rings.